The number of piperidine rings is 1. The van der Waals surface area contributed by atoms with Crippen molar-refractivity contribution in [3.8, 4) is 0 Å². The van der Waals surface area contributed by atoms with E-state index < -0.39 is 5.91 Å². The molecule has 2 aliphatic heterocycles. The number of nitrogens with one attached hydrogen (secondary N) is 1. The molecule has 2 heterocycles. The summed E-state index contributed by atoms with van der Waals surface area (Å²) in [6, 6.07) is 7.08. The lowest BCUT2D eigenvalue weighted by molar-refractivity contribution is 0.0678. The lowest BCUT2D eigenvalue weighted by Gasteiger charge is -2.43. The van der Waals surface area contributed by atoms with Crippen molar-refractivity contribution in [1.82, 2.24) is 9.80 Å². The molecule has 0 aliphatic carbocycles. The molecule has 0 saturated carbocycles. The minimum absolute atomic E-state index is 0.0722. The molecule has 3 N–H and O–H groups in total. The van der Waals surface area contributed by atoms with Gasteiger partial charge in [0, 0.05) is 36.9 Å². The topological polar surface area (TPSA) is 78.7 Å². The third-order valence-electron chi connectivity index (χ3n) is 4.55. The van der Waals surface area contributed by atoms with Gasteiger partial charge < -0.3 is 16.0 Å². The molecule has 1 unspecified atom stereocenters. The van der Waals surface area contributed by atoms with Gasteiger partial charge in [0.25, 0.3) is 0 Å². The third kappa shape index (κ3) is 3.22. The van der Waals surface area contributed by atoms with Gasteiger partial charge in [0.15, 0.2) is 0 Å². The Bertz CT molecular complexity index is 558. The number of urea groups is 1. The largest absolute Gasteiger partial charge is 0.366 e. The second-order valence-electron chi connectivity index (χ2n) is 6.00. The third-order valence-corrected chi connectivity index (χ3v) is 4.55. The SMILES string of the molecule is NC(=O)c1ccc(NC(=O)N2CCN3CCCCC3C2)cc1. The lowest BCUT2D eigenvalue weighted by atomic mass is 10.00. The molecule has 6 heteroatoms. The fraction of sp³-hybridized carbons (Fsp3) is 0.500. The maximum atomic E-state index is 12.4. The van der Waals surface area contributed by atoms with Crippen LogP contribution in [0.2, 0.25) is 0 Å². The van der Waals surface area contributed by atoms with Crippen LogP contribution < -0.4 is 11.1 Å². The zero-order valence-corrected chi connectivity index (χ0v) is 12.6. The van der Waals surface area contributed by atoms with E-state index in [1.807, 2.05) is 4.90 Å². The van der Waals surface area contributed by atoms with Crippen LogP contribution in [-0.2, 0) is 0 Å². The molecule has 1 aromatic rings. The Labute approximate surface area is 130 Å². The average Bonchev–Trinajstić information content (AvgIpc) is 2.55. The van der Waals surface area contributed by atoms with Crippen LogP contribution in [0.5, 0.6) is 0 Å². The molecule has 1 aromatic carbocycles. The number of benzene rings is 1. The number of hydrogen-bond donors (Lipinski definition) is 2. The zero-order chi connectivity index (χ0) is 15.5. The molecule has 2 fully saturated rings. The molecular formula is C16H22N4O2. The van der Waals surface area contributed by atoms with Crippen LogP contribution in [0.15, 0.2) is 24.3 Å². The summed E-state index contributed by atoms with van der Waals surface area (Å²) in [5, 5.41) is 2.89. The summed E-state index contributed by atoms with van der Waals surface area (Å²) in [6.07, 6.45) is 3.71. The Morgan fingerprint density at radius 3 is 2.59 bits per heavy atom. The van der Waals surface area contributed by atoms with E-state index in [9.17, 15) is 9.59 Å². The highest BCUT2D eigenvalue weighted by Crippen LogP contribution is 2.21. The number of hydrogen-bond acceptors (Lipinski definition) is 3. The summed E-state index contributed by atoms with van der Waals surface area (Å²) in [4.78, 5) is 27.8. The van der Waals surface area contributed by atoms with Crippen molar-refractivity contribution in [2.75, 3.05) is 31.5 Å². The average molecular weight is 302 g/mol. The van der Waals surface area contributed by atoms with Gasteiger partial charge in [0.05, 0.1) is 0 Å². The van der Waals surface area contributed by atoms with Crippen molar-refractivity contribution in [3.63, 3.8) is 0 Å². The quantitative estimate of drug-likeness (QED) is 0.868. The van der Waals surface area contributed by atoms with Crippen molar-refractivity contribution in [3.05, 3.63) is 29.8 Å². The van der Waals surface area contributed by atoms with Gasteiger partial charge in [0.1, 0.15) is 0 Å². The summed E-state index contributed by atoms with van der Waals surface area (Å²) in [7, 11) is 0. The Kier molecular flexibility index (Phi) is 4.29. The molecule has 22 heavy (non-hydrogen) atoms. The van der Waals surface area contributed by atoms with Crippen LogP contribution in [-0.4, -0.2) is 54.0 Å². The van der Waals surface area contributed by atoms with Crippen LogP contribution in [0.3, 0.4) is 0 Å². The predicted octanol–water partition coefficient (Wildman–Crippen LogP) is 1.49. The number of amides is 3. The summed E-state index contributed by atoms with van der Waals surface area (Å²) in [6.45, 7) is 3.68. The minimum atomic E-state index is -0.466. The number of carbonyl (C=O) groups excluding carboxylic acids is 2. The van der Waals surface area contributed by atoms with E-state index in [-0.39, 0.29) is 6.03 Å². The van der Waals surface area contributed by atoms with Crippen molar-refractivity contribution >= 4 is 17.6 Å². The number of primary amides is 1. The van der Waals surface area contributed by atoms with Gasteiger partial charge in [-0.25, -0.2) is 4.79 Å². The summed E-state index contributed by atoms with van der Waals surface area (Å²) < 4.78 is 0. The van der Waals surface area contributed by atoms with Crippen molar-refractivity contribution in [2.45, 2.75) is 25.3 Å². The number of anilines is 1. The minimum Gasteiger partial charge on any atom is -0.366 e. The van der Waals surface area contributed by atoms with E-state index in [0.29, 0.717) is 17.3 Å². The number of nitrogens with two attached hydrogens (primary N) is 1. The van der Waals surface area contributed by atoms with Gasteiger partial charge in [-0.15, -0.1) is 0 Å². The molecule has 3 amide bonds. The van der Waals surface area contributed by atoms with Gasteiger partial charge in [-0.2, -0.15) is 0 Å². The fourth-order valence-corrected chi connectivity index (χ4v) is 3.26. The van der Waals surface area contributed by atoms with Crippen LogP contribution in [0.25, 0.3) is 0 Å². The Morgan fingerprint density at radius 2 is 1.86 bits per heavy atom. The van der Waals surface area contributed by atoms with Crippen molar-refractivity contribution in [2.24, 2.45) is 5.73 Å². The molecular weight excluding hydrogens is 280 g/mol. The first-order chi connectivity index (χ1) is 10.6. The number of rotatable bonds is 2. The zero-order valence-electron chi connectivity index (χ0n) is 12.6. The van der Waals surface area contributed by atoms with Gasteiger partial charge in [-0.1, -0.05) is 6.42 Å². The van der Waals surface area contributed by atoms with Crippen LogP contribution in [0, 0.1) is 0 Å². The van der Waals surface area contributed by atoms with Crippen LogP contribution in [0.4, 0.5) is 10.5 Å². The molecule has 1 atom stereocenters. The van der Waals surface area contributed by atoms with Crippen LogP contribution >= 0.6 is 0 Å². The smallest absolute Gasteiger partial charge is 0.321 e. The van der Waals surface area contributed by atoms with E-state index >= 15 is 0 Å². The van der Waals surface area contributed by atoms with E-state index in [4.69, 9.17) is 5.73 Å². The van der Waals surface area contributed by atoms with Gasteiger partial charge in [-0.3, -0.25) is 9.69 Å². The Balaban J connectivity index is 1.58. The number of piperazine rings is 1. The van der Waals surface area contributed by atoms with Crippen molar-refractivity contribution in [1.29, 1.82) is 0 Å². The van der Waals surface area contributed by atoms with Crippen molar-refractivity contribution < 1.29 is 9.59 Å². The fourth-order valence-electron chi connectivity index (χ4n) is 3.26. The normalized spacial score (nSPS) is 22.0. The summed E-state index contributed by atoms with van der Waals surface area (Å²) in [5.41, 5.74) is 6.33. The maximum Gasteiger partial charge on any atom is 0.321 e. The number of nitrogens with zero attached hydrogens (tertiary/aromatic N) is 2. The monoisotopic (exact) mass is 302 g/mol. The highest BCUT2D eigenvalue weighted by Gasteiger charge is 2.30. The Morgan fingerprint density at radius 1 is 1.09 bits per heavy atom. The molecule has 0 spiro atoms. The first kappa shape index (κ1) is 14.8. The lowest BCUT2D eigenvalue weighted by Crippen LogP contribution is -2.56. The number of fused-ring (bicyclic) bond motifs is 1. The summed E-state index contributed by atoms with van der Waals surface area (Å²) >= 11 is 0. The second-order valence-corrected chi connectivity index (χ2v) is 6.00. The maximum absolute atomic E-state index is 12.4. The standard InChI is InChI=1S/C16H22N4O2/c17-15(21)12-4-6-13(7-5-12)18-16(22)20-10-9-19-8-2-1-3-14(19)11-20/h4-7,14H,1-3,8-11H2,(H2,17,21)(H,18,22). The van der Waals surface area contributed by atoms with E-state index in [2.05, 4.69) is 10.2 Å². The predicted molar refractivity (Wildman–Crippen MR) is 84.8 cm³/mol. The molecule has 6 nitrogen and oxygen atoms in total. The van der Waals surface area contributed by atoms with Gasteiger partial charge in [-0.05, 0) is 43.7 Å². The number of carbonyl (C=O) groups is 2. The molecule has 0 bridgehead atoms. The highest BCUT2D eigenvalue weighted by molar-refractivity contribution is 5.94. The molecule has 2 aliphatic rings. The Hall–Kier alpha value is -2.08. The summed E-state index contributed by atoms with van der Waals surface area (Å²) in [5.74, 6) is -0.466. The van der Waals surface area contributed by atoms with E-state index in [1.54, 1.807) is 24.3 Å². The molecule has 0 aromatic heterocycles. The first-order valence-electron chi connectivity index (χ1n) is 7.83. The van der Waals surface area contributed by atoms with E-state index in [1.165, 1.54) is 19.3 Å². The first-order valence-corrected chi connectivity index (χ1v) is 7.83. The van der Waals surface area contributed by atoms with Crippen LogP contribution in [0.1, 0.15) is 29.6 Å². The molecule has 3 rings (SSSR count). The van der Waals surface area contributed by atoms with Gasteiger partial charge >= 0.3 is 6.03 Å². The molecule has 118 valence electrons. The highest BCUT2D eigenvalue weighted by atomic mass is 16.2. The van der Waals surface area contributed by atoms with Gasteiger partial charge in [0.2, 0.25) is 5.91 Å². The molecule has 2 saturated heterocycles. The second kappa shape index (κ2) is 6.36. The molecule has 0 radical (unpaired) electrons. The van der Waals surface area contributed by atoms with E-state index in [0.717, 1.165) is 26.2 Å².